The summed E-state index contributed by atoms with van der Waals surface area (Å²) in [4.78, 5) is 12.1. The minimum Gasteiger partial charge on any atom is -0.285 e. The Balaban J connectivity index is 2.48. The lowest BCUT2D eigenvalue weighted by molar-refractivity contribution is 0.102. The Bertz CT molecular complexity index is 502. The lowest BCUT2D eigenvalue weighted by Crippen LogP contribution is -2.14. The third-order valence-corrected chi connectivity index (χ3v) is 2.68. The van der Waals surface area contributed by atoms with Crippen LogP contribution in [0.5, 0.6) is 0 Å². The van der Waals surface area contributed by atoms with E-state index in [-0.39, 0.29) is 17.5 Å². The molecule has 2 aromatic heterocycles. The topological polar surface area (TPSA) is 76.5 Å². The largest absolute Gasteiger partial charge is 0.285 e. The summed E-state index contributed by atoms with van der Waals surface area (Å²) < 4.78 is 2.32. The molecule has 0 aliphatic rings. The van der Waals surface area contributed by atoms with Gasteiger partial charge in [-0.25, -0.2) is 0 Å². The zero-order chi connectivity index (χ0) is 11.7. The van der Waals surface area contributed by atoms with Gasteiger partial charge in [-0.05, 0) is 29.8 Å². The van der Waals surface area contributed by atoms with Gasteiger partial charge >= 0.3 is 0 Å². The number of halogens is 1. The van der Waals surface area contributed by atoms with Gasteiger partial charge in [0.25, 0.3) is 0 Å². The summed E-state index contributed by atoms with van der Waals surface area (Å²) in [5.41, 5.74) is 0.770. The Morgan fingerprint density at radius 3 is 2.81 bits per heavy atom. The van der Waals surface area contributed by atoms with Crippen molar-refractivity contribution in [3.8, 4) is 0 Å². The standard InChI is InChI=1S/C9H10BrN5O/c1-5(2)15-8(6(10)3-12-15)9(16)7-4-11-14-13-7/h3-5H,1-2H3,(H,11,13,14). The molecule has 2 heterocycles. The molecule has 6 nitrogen and oxygen atoms in total. The lowest BCUT2D eigenvalue weighted by Gasteiger charge is -2.09. The first kappa shape index (κ1) is 11.0. The molecule has 0 bridgehead atoms. The zero-order valence-corrected chi connectivity index (χ0v) is 10.4. The molecule has 7 heteroatoms. The molecule has 0 spiro atoms. The smallest absolute Gasteiger partial charge is 0.234 e. The molecule has 0 amide bonds. The van der Waals surface area contributed by atoms with Crippen molar-refractivity contribution in [2.24, 2.45) is 0 Å². The molecule has 0 unspecified atom stereocenters. The van der Waals surface area contributed by atoms with E-state index in [4.69, 9.17) is 0 Å². The Labute approximate surface area is 100 Å². The van der Waals surface area contributed by atoms with E-state index >= 15 is 0 Å². The van der Waals surface area contributed by atoms with Crippen LogP contribution in [0.1, 0.15) is 36.1 Å². The van der Waals surface area contributed by atoms with Crippen molar-refractivity contribution in [3.05, 3.63) is 28.3 Å². The number of aromatic nitrogens is 5. The Morgan fingerprint density at radius 2 is 2.25 bits per heavy atom. The van der Waals surface area contributed by atoms with Gasteiger partial charge in [0.1, 0.15) is 5.69 Å². The van der Waals surface area contributed by atoms with Gasteiger partial charge in [0, 0.05) is 6.04 Å². The number of nitrogens with zero attached hydrogens (tertiary/aromatic N) is 4. The summed E-state index contributed by atoms with van der Waals surface area (Å²) in [7, 11) is 0. The van der Waals surface area contributed by atoms with Crippen molar-refractivity contribution >= 4 is 21.7 Å². The number of carbonyl (C=O) groups excluding carboxylic acids is 1. The summed E-state index contributed by atoms with van der Waals surface area (Å²) in [6.07, 6.45) is 3.00. The number of hydrogen-bond acceptors (Lipinski definition) is 4. The first-order chi connectivity index (χ1) is 7.61. The highest BCUT2D eigenvalue weighted by molar-refractivity contribution is 9.10. The highest BCUT2D eigenvalue weighted by Crippen LogP contribution is 2.21. The normalized spacial score (nSPS) is 11.0. The minimum atomic E-state index is -0.202. The number of H-pyrrole nitrogens is 1. The van der Waals surface area contributed by atoms with Gasteiger partial charge in [0.2, 0.25) is 5.78 Å². The van der Waals surface area contributed by atoms with Crippen molar-refractivity contribution < 1.29 is 4.79 Å². The monoisotopic (exact) mass is 283 g/mol. The summed E-state index contributed by atoms with van der Waals surface area (Å²) >= 11 is 3.31. The molecule has 0 aliphatic heterocycles. The molecule has 0 saturated carbocycles. The third-order valence-electron chi connectivity index (χ3n) is 2.10. The predicted octanol–water partition coefficient (Wildman–Crippen LogP) is 1.58. The number of hydrogen-bond donors (Lipinski definition) is 1. The highest BCUT2D eigenvalue weighted by atomic mass is 79.9. The molecule has 2 rings (SSSR count). The molecule has 2 aromatic rings. The van der Waals surface area contributed by atoms with Crippen molar-refractivity contribution in [1.29, 1.82) is 0 Å². The second-order valence-corrected chi connectivity index (χ2v) is 4.42. The van der Waals surface area contributed by atoms with E-state index in [1.807, 2.05) is 13.8 Å². The van der Waals surface area contributed by atoms with Gasteiger partial charge in [-0.3, -0.25) is 9.48 Å². The van der Waals surface area contributed by atoms with Crippen LogP contribution in [0.15, 0.2) is 16.9 Å². The second kappa shape index (κ2) is 4.17. The molecule has 1 N–H and O–H groups in total. The fourth-order valence-corrected chi connectivity index (χ4v) is 1.83. The van der Waals surface area contributed by atoms with Crippen molar-refractivity contribution in [3.63, 3.8) is 0 Å². The maximum absolute atomic E-state index is 12.1. The van der Waals surface area contributed by atoms with E-state index in [0.29, 0.717) is 10.2 Å². The summed E-state index contributed by atoms with van der Waals surface area (Å²) in [5.74, 6) is -0.202. The van der Waals surface area contributed by atoms with Crippen molar-refractivity contribution in [2.75, 3.05) is 0 Å². The van der Waals surface area contributed by atoms with Crippen LogP contribution in [0.25, 0.3) is 0 Å². The highest BCUT2D eigenvalue weighted by Gasteiger charge is 2.21. The van der Waals surface area contributed by atoms with Crippen LogP contribution >= 0.6 is 15.9 Å². The molecule has 0 radical (unpaired) electrons. The fraction of sp³-hybridized carbons (Fsp3) is 0.333. The Kier molecular flexibility index (Phi) is 2.86. The second-order valence-electron chi connectivity index (χ2n) is 3.56. The SMILES string of the molecule is CC(C)n1ncc(Br)c1C(=O)c1cn[nH]n1. The number of rotatable bonds is 3. The first-order valence-electron chi connectivity index (χ1n) is 4.74. The van der Waals surface area contributed by atoms with E-state index in [2.05, 4.69) is 36.4 Å². The molecule has 0 saturated heterocycles. The van der Waals surface area contributed by atoms with Crippen LogP contribution < -0.4 is 0 Å². The van der Waals surface area contributed by atoms with Crippen LogP contribution in [0.3, 0.4) is 0 Å². The molecule has 16 heavy (non-hydrogen) atoms. The number of nitrogens with one attached hydrogen (secondary N) is 1. The number of aromatic amines is 1. The van der Waals surface area contributed by atoms with E-state index in [1.165, 1.54) is 6.20 Å². The van der Waals surface area contributed by atoms with Gasteiger partial charge in [0.05, 0.1) is 16.9 Å². The van der Waals surface area contributed by atoms with Crippen LogP contribution in [0.4, 0.5) is 0 Å². The molecular formula is C9H10BrN5O. The van der Waals surface area contributed by atoms with E-state index < -0.39 is 0 Å². The van der Waals surface area contributed by atoms with Crippen molar-refractivity contribution in [1.82, 2.24) is 25.2 Å². The quantitative estimate of drug-likeness (QED) is 0.868. The third kappa shape index (κ3) is 1.78. The van der Waals surface area contributed by atoms with Crippen molar-refractivity contribution in [2.45, 2.75) is 19.9 Å². The van der Waals surface area contributed by atoms with Gasteiger partial charge in [0.15, 0.2) is 5.69 Å². The molecule has 84 valence electrons. The van der Waals surface area contributed by atoms with Gasteiger partial charge in [-0.2, -0.15) is 20.5 Å². The van der Waals surface area contributed by atoms with Crippen LogP contribution in [-0.4, -0.2) is 31.0 Å². The molecule has 0 aromatic carbocycles. The van der Waals surface area contributed by atoms with E-state index in [9.17, 15) is 4.79 Å². The van der Waals surface area contributed by atoms with Gasteiger partial charge < -0.3 is 0 Å². The first-order valence-corrected chi connectivity index (χ1v) is 5.54. The van der Waals surface area contributed by atoms with Crippen LogP contribution in [0, 0.1) is 0 Å². The van der Waals surface area contributed by atoms with E-state index in [0.717, 1.165) is 0 Å². The molecular weight excluding hydrogens is 274 g/mol. The Morgan fingerprint density at radius 1 is 1.50 bits per heavy atom. The van der Waals surface area contributed by atoms with Crippen LogP contribution in [0.2, 0.25) is 0 Å². The number of ketones is 1. The van der Waals surface area contributed by atoms with E-state index in [1.54, 1.807) is 10.9 Å². The Hall–Kier alpha value is -1.50. The summed E-state index contributed by atoms with van der Waals surface area (Å²) in [5, 5.41) is 13.9. The van der Waals surface area contributed by atoms with Gasteiger partial charge in [-0.15, -0.1) is 0 Å². The fourth-order valence-electron chi connectivity index (χ4n) is 1.38. The summed E-state index contributed by atoms with van der Waals surface area (Å²) in [6, 6.07) is 0.108. The van der Waals surface area contributed by atoms with Crippen LogP contribution in [-0.2, 0) is 0 Å². The minimum absolute atomic E-state index is 0.108. The van der Waals surface area contributed by atoms with Gasteiger partial charge in [-0.1, -0.05) is 0 Å². The average molecular weight is 284 g/mol. The maximum Gasteiger partial charge on any atom is 0.234 e. The molecule has 0 atom stereocenters. The maximum atomic E-state index is 12.1. The zero-order valence-electron chi connectivity index (χ0n) is 8.81. The lowest BCUT2D eigenvalue weighted by atomic mass is 10.2. The predicted molar refractivity (Wildman–Crippen MR) is 60.1 cm³/mol. The summed E-state index contributed by atoms with van der Waals surface area (Å²) in [6.45, 7) is 3.91. The molecule has 0 aliphatic carbocycles. The molecule has 0 fully saturated rings. The average Bonchev–Trinajstić information content (AvgIpc) is 2.84. The number of carbonyl (C=O) groups is 1.